The predicted octanol–water partition coefficient (Wildman–Crippen LogP) is 3.72. The first-order valence-corrected chi connectivity index (χ1v) is 6.78. The van der Waals surface area contributed by atoms with Crippen molar-refractivity contribution >= 4 is 23.2 Å². The summed E-state index contributed by atoms with van der Waals surface area (Å²) >= 11 is 6.04. The van der Waals surface area contributed by atoms with Crippen LogP contribution in [0.2, 0.25) is 5.02 Å². The fraction of sp³-hybridized carbons (Fsp3) is 0.188. The van der Waals surface area contributed by atoms with Crippen LogP contribution in [-0.4, -0.2) is 5.91 Å². The first kappa shape index (κ1) is 14.4. The van der Waals surface area contributed by atoms with Gasteiger partial charge in [0, 0.05) is 5.69 Å². The molecule has 0 aromatic heterocycles. The van der Waals surface area contributed by atoms with Gasteiger partial charge in [0.15, 0.2) is 0 Å². The molecule has 1 atom stereocenters. The fourth-order valence-corrected chi connectivity index (χ4v) is 2.42. The third-order valence-electron chi connectivity index (χ3n) is 3.24. The number of benzene rings is 2. The highest BCUT2D eigenvalue weighted by Crippen LogP contribution is 2.21. The van der Waals surface area contributed by atoms with Gasteiger partial charge in [0.05, 0.1) is 16.6 Å². The van der Waals surface area contributed by atoms with Crippen molar-refractivity contribution in [2.45, 2.75) is 19.9 Å². The molecule has 4 heteroatoms. The summed E-state index contributed by atoms with van der Waals surface area (Å²) in [6.07, 6.45) is 0. The van der Waals surface area contributed by atoms with Gasteiger partial charge in [0.1, 0.15) is 0 Å². The van der Waals surface area contributed by atoms with E-state index in [0.717, 1.165) is 11.1 Å². The van der Waals surface area contributed by atoms with Crippen molar-refractivity contribution in [2.75, 3.05) is 5.73 Å². The molecule has 2 aromatic rings. The van der Waals surface area contributed by atoms with Gasteiger partial charge in [-0.05, 0) is 43.2 Å². The van der Waals surface area contributed by atoms with Crippen molar-refractivity contribution in [3.05, 3.63) is 64.2 Å². The maximum absolute atomic E-state index is 12.2. The zero-order valence-corrected chi connectivity index (χ0v) is 12.2. The van der Waals surface area contributed by atoms with Crippen LogP contribution in [0.25, 0.3) is 0 Å². The maximum Gasteiger partial charge on any atom is 0.253 e. The van der Waals surface area contributed by atoms with E-state index in [1.165, 1.54) is 0 Å². The Balaban J connectivity index is 2.17. The molecule has 0 aliphatic carbocycles. The van der Waals surface area contributed by atoms with E-state index in [0.29, 0.717) is 16.3 Å². The van der Waals surface area contributed by atoms with Crippen molar-refractivity contribution in [1.29, 1.82) is 0 Å². The quantitative estimate of drug-likeness (QED) is 0.846. The summed E-state index contributed by atoms with van der Waals surface area (Å²) in [6, 6.07) is 12.8. The first-order chi connectivity index (χ1) is 9.49. The average Bonchev–Trinajstić information content (AvgIpc) is 2.38. The van der Waals surface area contributed by atoms with E-state index >= 15 is 0 Å². The normalized spacial score (nSPS) is 11.9. The van der Waals surface area contributed by atoms with Crippen molar-refractivity contribution in [3.8, 4) is 0 Å². The number of halogens is 1. The van der Waals surface area contributed by atoms with Crippen LogP contribution in [0, 0.1) is 6.92 Å². The van der Waals surface area contributed by atoms with Crippen molar-refractivity contribution in [3.63, 3.8) is 0 Å². The molecule has 0 heterocycles. The number of carbonyl (C=O) groups is 1. The molecule has 0 aliphatic heterocycles. The SMILES string of the molecule is Cc1ccccc1C(C)NC(=O)c1ccc(N)cc1Cl. The largest absolute Gasteiger partial charge is 0.399 e. The number of amides is 1. The molecule has 1 unspecified atom stereocenters. The maximum atomic E-state index is 12.2. The standard InChI is InChI=1S/C16H17ClN2O/c1-10-5-3-4-6-13(10)11(2)19-16(20)14-8-7-12(18)9-15(14)17/h3-9,11H,18H2,1-2H3,(H,19,20). The van der Waals surface area contributed by atoms with Crippen LogP contribution in [0.15, 0.2) is 42.5 Å². The molecule has 2 rings (SSSR count). The molecule has 3 nitrogen and oxygen atoms in total. The van der Waals surface area contributed by atoms with Crippen LogP contribution in [-0.2, 0) is 0 Å². The molecular weight excluding hydrogens is 272 g/mol. The van der Waals surface area contributed by atoms with E-state index < -0.39 is 0 Å². The third-order valence-corrected chi connectivity index (χ3v) is 3.55. The molecule has 0 fully saturated rings. The minimum atomic E-state index is -0.203. The minimum absolute atomic E-state index is 0.0858. The van der Waals surface area contributed by atoms with Gasteiger partial charge in [0.25, 0.3) is 5.91 Å². The van der Waals surface area contributed by atoms with E-state index in [1.807, 2.05) is 38.1 Å². The Bertz CT molecular complexity index is 640. The lowest BCUT2D eigenvalue weighted by molar-refractivity contribution is 0.0940. The average molecular weight is 289 g/mol. The number of nitrogen functional groups attached to an aromatic ring is 1. The molecular formula is C16H17ClN2O. The van der Waals surface area contributed by atoms with Crippen molar-refractivity contribution in [2.24, 2.45) is 0 Å². The van der Waals surface area contributed by atoms with E-state index in [-0.39, 0.29) is 11.9 Å². The lowest BCUT2D eigenvalue weighted by Gasteiger charge is -2.17. The number of hydrogen-bond donors (Lipinski definition) is 2. The summed E-state index contributed by atoms with van der Waals surface area (Å²) in [5.74, 6) is -0.203. The zero-order valence-electron chi connectivity index (χ0n) is 11.5. The van der Waals surface area contributed by atoms with E-state index in [2.05, 4.69) is 5.32 Å². The number of rotatable bonds is 3. The van der Waals surface area contributed by atoms with Crippen LogP contribution in [0.1, 0.15) is 34.5 Å². The van der Waals surface area contributed by atoms with Gasteiger partial charge in [-0.25, -0.2) is 0 Å². The van der Waals surface area contributed by atoms with E-state index in [4.69, 9.17) is 17.3 Å². The Morgan fingerprint density at radius 1 is 1.25 bits per heavy atom. The van der Waals surface area contributed by atoms with Crippen LogP contribution in [0.4, 0.5) is 5.69 Å². The number of aryl methyl sites for hydroxylation is 1. The van der Waals surface area contributed by atoms with Gasteiger partial charge in [-0.1, -0.05) is 35.9 Å². The molecule has 2 aromatic carbocycles. The van der Waals surface area contributed by atoms with E-state index in [9.17, 15) is 4.79 Å². The lowest BCUT2D eigenvalue weighted by Crippen LogP contribution is -2.27. The summed E-state index contributed by atoms with van der Waals surface area (Å²) in [5.41, 5.74) is 8.83. The summed E-state index contributed by atoms with van der Waals surface area (Å²) < 4.78 is 0. The molecule has 0 bridgehead atoms. The van der Waals surface area contributed by atoms with Gasteiger partial charge in [-0.2, -0.15) is 0 Å². The highest BCUT2D eigenvalue weighted by molar-refractivity contribution is 6.34. The second-order valence-corrected chi connectivity index (χ2v) is 5.20. The topological polar surface area (TPSA) is 55.1 Å². The van der Waals surface area contributed by atoms with Crippen LogP contribution < -0.4 is 11.1 Å². The van der Waals surface area contributed by atoms with Gasteiger partial charge in [-0.3, -0.25) is 4.79 Å². The smallest absolute Gasteiger partial charge is 0.253 e. The Morgan fingerprint density at radius 2 is 1.95 bits per heavy atom. The number of nitrogens with one attached hydrogen (secondary N) is 1. The zero-order chi connectivity index (χ0) is 14.7. The second kappa shape index (κ2) is 5.97. The monoisotopic (exact) mass is 288 g/mol. The second-order valence-electron chi connectivity index (χ2n) is 4.79. The van der Waals surface area contributed by atoms with Gasteiger partial charge < -0.3 is 11.1 Å². The highest BCUT2D eigenvalue weighted by Gasteiger charge is 2.15. The third kappa shape index (κ3) is 3.11. The molecule has 1 amide bonds. The molecule has 0 radical (unpaired) electrons. The summed E-state index contributed by atoms with van der Waals surface area (Å²) in [4.78, 5) is 12.2. The Labute approximate surface area is 123 Å². The fourth-order valence-electron chi connectivity index (χ4n) is 2.14. The van der Waals surface area contributed by atoms with Gasteiger partial charge >= 0.3 is 0 Å². The van der Waals surface area contributed by atoms with E-state index in [1.54, 1.807) is 18.2 Å². The van der Waals surface area contributed by atoms with Crippen LogP contribution in [0.5, 0.6) is 0 Å². The highest BCUT2D eigenvalue weighted by atomic mass is 35.5. The number of nitrogens with two attached hydrogens (primary N) is 1. The number of anilines is 1. The molecule has 0 saturated heterocycles. The Morgan fingerprint density at radius 3 is 2.60 bits per heavy atom. The van der Waals surface area contributed by atoms with Crippen molar-refractivity contribution in [1.82, 2.24) is 5.32 Å². The Hall–Kier alpha value is -2.00. The summed E-state index contributed by atoms with van der Waals surface area (Å²) in [6.45, 7) is 3.97. The van der Waals surface area contributed by atoms with Crippen LogP contribution in [0.3, 0.4) is 0 Å². The summed E-state index contributed by atoms with van der Waals surface area (Å²) in [7, 11) is 0. The molecule has 20 heavy (non-hydrogen) atoms. The van der Waals surface area contributed by atoms with Gasteiger partial charge in [-0.15, -0.1) is 0 Å². The number of carbonyl (C=O) groups excluding carboxylic acids is 1. The minimum Gasteiger partial charge on any atom is -0.399 e. The predicted molar refractivity (Wildman–Crippen MR) is 82.9 cm³/mol. The first-order valence-electron chi connectivity index (χ1n) is 6.40. The molecule has 0 spiro atoms. The molecule has 0 aliphatic rings. The lowest BCUT2D eigenvalue weighted by atomic mass is 10.0. The Kier molecular flexibility index (Phi) is 4.30. The molecule has 3 N–H and O–H groups in total. The number of hydrogen-bond acceptors (Lipinski definition) is 2. The van der Waals surface area contributed by atoms with Crippen LogP contribution >= 0.6 is 11.6 Å². The van der Waals surface area contributed by atoms with Crippen molar-refractivity contribution < 1.29 is 4.79 Å². The van der Waals surface area contributed by atoms with Gasteiger partial charge in [0.2, 0.25) is 0 Å². The molecule has 0 saturated carbocycles. The molecule has 104 valence electrons. The summed E-state index contributed by atoms with van der Waals surface area (Å²) in [5, 5.41) is 3.31.